The largest absolute Gasteiger partial charge is 0.465 e. The summed E-state index contributed by atoms with van der Waals surface area (Å²) in [7, 11) is 0. The number of esters is 1. The summed E-state index contributed by atoms with van der Waals surface area (Å²) in [6.45, 7) is 3.29. The van der Waals surface area contributed by atoms with Crippen molar-refractivity contribution in [2.24, 2.45) is 0 Å². The van der Waals surface area contributed by atoms with Crippen molar-refractivity contribution >= 4 is 17.7 Å². The van der Waals surface area contributed by atoms with Crippen LogP contribution in [-0.4, -0.2) is 47.9 Å². The number of nitrogens with one attached hydrogen (secondary N) is 1. The summed E-state index contributed by atoms with van der Waals surface area (Å²) in [5, 5.41) is 4.15. The molecule has 21 heavy (non-hydrogen) atoms. The summed E-state index contributed by atoms with van der Waals surface area (Å²) in [5.74, 6) is 1.05. The second-order valence-electron chi connectivity index (χ2n) is 6.55. The molecule has 0 bridgehead atoms. The molecule has 3 atom stereocenters. The molecule has 0 aromatic rings. The van der Waals surface area contributed by atoms with Crippen LogP contribution in [0.1, 0.15) is 51.9 Å². The van der Waals surface area contributed by atoms with Crippen LogP contribution in [0.4, 0.5) is 0 Å². The van der Waals surface area contributed by atoms with Crippen molar-refractivity contribution in [1.29, 1.82) is 0 Å². The van der Waals surface area contributed by atoms with Crippen molar-refractivity contribution in [2.75, 3.05) is 19.0 Å². The Hall–Kier alpha value is -0.260. The van der Waals surface area contributed by atoms with E-state index in [0.717, 1.165) is 31.6 Å². The zero-order chi connectivity index (χ0) is 14.7. The lowest BCUT2D eigenvalue weighted by molar-refractivity contribution is -0.151. The van der Waals surface area contributed by atoms with Gasteiger partial charge in [-0.15, -0.1) is 0 Å². The van der Waals surface area contributed by atoms with Crippen LogP contribution in [-0.2, 0) is 14.3 Å². The van der Waals surface area contributed by atoms with Gasteiger partial charge in [-0.05, 0) is 51.9 Å². The van der Waals surface area contributed by atoms with E-state index in [9.17, 15) is 4.79 Å². The summed E-state index contributed by atoms with van der Waals surface area (Å²) >= 11 is 1.99. The molecule has 1 N–H and O–H groups in total. The molecule has 5 heteroatoms. The van der Waals surface area contributed by atoms with Crippen LogP contribution in [0.3, 0.4) is 0 Å². The second-order valence-corrected chi connectivity index (χ2v) is 7.89. The minimum Gasteiger partial charge on any atom is -0.465 e. The molecule has 1 heterocycles. The number of rotatable bonds is 7. The zero-order valence-corrected chi connectivity index (χ0v) is 13.8. The van der Waals surface area contributed by atoms with E-state index < -0.39 is 5.54 Å². The van der Waals surface area contributed by atoms with Gasteiger partial charge in [-0.2, -0.15) is 11.8 Å². The molecule has 1 saturated heterocycles. The third kappa shape index (κ3) is 3.93. The summed E-state index contributed by atoms with van der Waals surface area (Å²) in [6, 6.07) is 0.538. The topological polar surface area (TPSA) is 47.6 Å². The molecule has 0 spiro atoms. The lowest BCUT2D eigenvalue weighted by Crippen LogP contribution is -2.52. The number of hydrogen-bond acceptors (Lipinski definition) is 5. The highest BCUT2D eigenvalue weighted by atomic mass is 32.2. The van der Waals surface area contributed by atoms with Crippen molar-refractivity contribution in [2.45, 2.75) is 74.8 Å². The van der Waals surface area contributed by atoms with Gasteiger partial charge in [-0.1, -0.05) is 0 Å². The minimum atomic E-state index is -0.411. The molecule has 1 aliphatic heterocycles. The maximum atomic E-state index is 12.4. The predicted molar refractivity (Wildman–Crippen MR) is 84.6 cm³/mol. The van der Waals surface area contributed by atoms with Gasteiger partial charge in [0.25, 0.3) is 0 Å². The van der Waals surface area contributed by atoms with E-state index in [2.05, 4.69) is 5.32 Å². The molecular formula is C16H27NO3S. The molecule has 4 nitrogen and oxygen atoms in total. The first kappa shape index (κ1) is 15.6. The smallest absolute Gasteiger partial charge is 0.326 e. The maximum absolute atomic E-state index is 12.4. The number of carbonyl (C=O) groups is 1. The van der Waals surface area contributed by atoms with Gasteiger partial charge in [0.15, 0.2) is 0 Å². The average Bonchev–Trinajstić information content (AvgIpc) is 2.98. The van der Waals surface area contributed by atoms with E-state index in [1.54, 1.807) is 0 Å². The minimum absolute atomic E-state index is 0.0304. The number of thioether (sulfide) groups is 1. The van der Waals surface area contributed by atoms with Crippen LogP contribution in [0, 0.1) is 0 Å². The fourth-order valence-electron chi connectivity index (χ4n) is 3.42. The summed E-state index contributed by atoms with van der Waals surface area (Å²) < 4.78 is 11.0. The highest BCUT2D eigenvalue weighted by Gasteiger charge is 2.49. The van der Waals surface area contributed by atoms with Gasteiger partial charge in [0.2, 0.25) is 0 Å². The highest BCUT2D eigenvalue weighted by molar-refractivity contribution is 7.99. The highest BCUT2D eigenvalue weighted by Crippen LogP contribution is 2.40. The van der Waals surface area contributed by atoms with E-state index >= 15 is 0 Å². The van der Waals surface area contributed by atoms with Gasteiger partial charge in [-0.3, -0.25) is 10.1 Å². The monoisotopic (exact) mass is 313 g/mol. The Morgan fingerprint density at radius 1 is 1.38 bits per heavy atom. The van der Waals surface area contributed by atoms with Crippen molar-refractivity contribution in [3.8, 4) is 0 Å². The second kappa shape index (κ2) is 6.88. The molecule has 0 amide bonds. The molecule has 3 unspecified atom stereocenters. The van der Waals surface area contributed by atoms with Crippen molar-refractivity contribution in [1.82, 2.24) is 5.32 Å². The molecule has 120 valence electrons. The Bertz CT molecular complexity index is 369. The van der Waals surface area contributed by atoms with E-state index in [0.29, 0.717) is 24.0 Å². The van der Waals surface area contributed by atoms with E-state index in [-0.39, 0.29) is 5.97 Å². The SMILES string of the molecule is CCOC(=O)C1(NC2CC2)CCC(SCC2CCCO2)C1. The third-order valence-electron chi connectivity index (χ3n) is 4.73. The van der Waals surface area contributed by atoms with E-state index in [1.165, 1.54) is 25.7 Å². The van der Waals surface area contributed by atoms with Crippen LogP contribution in [0.25, 0.3) is 0 Å². The molecule has 0 aromatic carbocycles. The van der Waals surface area contributed by atoms with Crippen molar-refractivity contribution < 1.29 is 14.3 Å². The fraction of sp³-hybridized carbons (Fsp3) is 0.938. The van der Waals surface area contributed by atoms with Crippen LogP contribution in [0.2, 0.25) is 0 Å². The van der Waals surface area contributed by atoms with Gasteiger partial charge < -0.3 is 9.47 Å². The lowest BCUT2D eigenvalue weighted by Gasteiger charge is -2.28. The third-order valence-corrected chi connectivity index (χ3v) is 6.17. The first-order valence-corrected chi connectivity index (χ1v) is 9.45. The molecular weight excluding hydrogens is 286 g/mol. The molecule has 3 rings (SSSR count). The summed E-state index contributed by atoms with van der Waals surface area (Å²) in [5.41, 5.74) is -0.411. The van der Waals surface area contributed by atoms with Gasteiger partial charge in [0.1, 0.15) is 5.54 Å². The van der Waals surface area contributed by atoms with Gasteiger partial charge in [0, 0.05) is 23.7 Å². The standard InChI is InChI=1S/C16H27NO3S/c1-2-19-15(18)16(17-12-5-6-12)8-7-14(10-16)21-11-13-4-3-9-20-13/h12-14,17H,2-11H2,1H3. The first-order valence-electron chi connectivity index (χ1n) is 8.40. The molecule has 3 aliphatic rings. The Labute approximate surface area is 131 Å². The number of ether oxygens (including phenoxy) is 2. The van der Waals surface area contributed by atoms with Crippen LogP contribution in [0.5, 0.6) is 0 Å². The summed E-state index contributed by atoms with van der Waals surface area (Å²) in [6.07, 6.45) is 8.18. The van der Waals surface area contributed by atoms with E-state index in [1.807, 2.05) is 18.7 Å². The Balaban J connectivity index is 1.53. The van der Waals surface area contributed by atoms with Crippen molar-refractivity contribution in [3.05, 3.63) is 0 Å². The van der Waals surface area contributed by atoms with Crippen LogP contribution in [0.15, 0.2) is 0 Å². The normalized spacial score (nSPS) is 36.0. The van der Waals surface area contributed by atoms with Crippen LogP contribution >= 0.6 is 11.8 Å². The maximum Gasteiger partial charge on any atom is 0.326 e. The first-order chi connectivity index (χ1) is 10.2. The molecule has 2 saturated carbocycles. The Kier molecular flexibility index (Phi) is 5.12. The Morgan fingerprint density at radius 3 is 2.90 bits per heavy atom. The predicted octanol–water partition coefficient (Wildman–Crippen LogP) is 2.50. The van der Waals surface area contributed by atoms with Gasteiger partial charge >= 0.3 is 5.97 Å². The molecule has 0 radical (unpaired) electrons. The number of carbonyl (C=O) groups excluding carboxylic acids is 1. The molecule has 0 aromatic heterocycles. The van der Waals surface area contributed by atoms with Gasteiger partial charge in [0.05, 0.1) is 12.7 Å². The molecule has 3 fully saturated rings. The average molecular weight is 313 g/mol. The molecule has 2 aliphatic carbocycles. The van der Waals surface area contributed by atoms with Crippen molar-refractivity contribution in [3.63, 3.8) is 0 Å². The quantitative estimate of drug-likeness (QED) is 0.732. The van der Waals surface area contributed by atoms with Crippen LogP contribution < -0.4 is 5.32 Å². The van der Waals surface area contributed by atoms with Gasteiger partial charge in [-0.25, -0.2) is 0 Å². The fourth-order valence-corrected chi connectivity index (χ4v) is 4.86. The zero-order valence-electron chi connectivity index (χ0n) is 12.9. The summed E-state index contributed by atoms with van der Waals surface area (Å²) in [4.78, 5) is 12.4. The van der Waals surface area contributed by atoms with E-state index in [4.69, 9.17) is 9.47 Å². The number of hydrogen-bond donors (Lipinski definition) is 1. The Morgan fingerprint density at radius 2 is 2.24 bits per heavy atom. The lowest BCUT2D eigenvalue weighted by atomic mass is 9.97.